The van der Waals surface area contributed by atoms with Crippen LogP contribution in [-0.4, -0.2) is 75.6 Å². The number of hydrogen-bond donors (Lipinski definition) is 1. The number of quaternary nitrogens is 1. The lowest BCUT2D eigenvalue weighted by atomic mass is 10.0. The first-order chi connectivity index (χ1) is 24.6. The number of phosphoric ester groups is 1. The maximum absolute atomic E-state index is 12.7. The van der Waals surface area contributed by atoms with Crippen LogP contribution in [0.3, 0.4) is 0 Å². The van der Waals surface area contributed by atoms with Crippen LogP contribution in [0.15, 0.2) is 0 Å². The van der Waals surface area contributed by atoms with Gasteiger partial charge in [0.15, 0.2) is 0 Å². The van der Waals surface area contributed by atoms with Gasteiger partial charge in [0.1, 0.15) is 19.3 Å². The summed E-state index contributed by atoms with van der Waals surface area (Å²) in [6.07, 6.45) is 37.0. The highest BCUT2D eigenvalue weighted by Crippen LogP contribution is 2.43. The molecule has 0 aliphatic heterocycles. The monoisotopic (exact) mass is 749 g/mol. The standard InChI is InChI=1S/C42H86NO7P/c1-6-8-10-12-14-16-18-19-20-21-22-23-24-25-27-29-31-33-35-42(44)50-41(40-49-51(45,46)48-38-36-43(3,4)5)39-47-37-34-32-30-28-26-17-15-13-11-9-7-2/h41H,6-40H2,1-5H3/p+1. The number of hydrogen-bond acceptors (Lipinski definition) is 6. The first-order valence-corrected chi connectivity index (χ1v) is 23.3. The minimum absolute atomic E-state index is 0.0937. The maximum Gasteiger partial charge on any atom is 0.472 e. The summed E-state index contributed by atoms with van der Waals surface area (Å²) < 4.78 is 34.9. The van der Waals surface area contributed by atoms with Gasteiger partial charge in [0, 0.05) is 13.0 Å². The third-order valence-corrected chi connectivity index (χ3v) is 10.7. The van der Waals surface area contributed by atoms with E-state index in [2.05, 4.69) is 13.8 Å². The highest BCUT2D eigenvalue weighted by Gasteiger charge is 2.26. The number of nitrogens with zero attached hydrogens (tertiary/aromatic N) is 1. The third-order valence-electron chi connectivity index (χ3n) is 9.67. The number of carbonyl (C=O) groups excluding carboxylic acids is 1. The Morgan fingerprint density at radius 3 is 1.29 bits per heavy atom. The number of phosphoric acid groups is 1. The van der Waals surface area contributed by atoms with Crippen LogP contribution in [0.2, 0.25) is 0 Å². The second-order valence-corrected chi connectivity index (χ2v) is 17.5. The molecule has 0 saturated heterocycles. The molecule has 0 aliphatic carbocycles. The topological polar surface area (TPSA) is 91.3 Å². The van der Waals surface area contributed by atoms with Crippen molar-refractivity contribution in [2.75, 3.05) is 54.1 Å². The molecule has 0 aromatic heterocycles. The van der Waals surface area contributed by atoms with Crippen LogP contribution < -0.4 is 0 Å². The maximum atomic E-state index is 12.7. The molecular weight excluding hydrogens is 661 g/mol. The van der Waals surface area contributed by atoms with Crippen molar-refractivity contribution in [3.8, 4) is 0 Å². The van der Waals surface area contributed by atoms with Crippen LogP contribution in [0.4, 0.5) is 0 Å². The third kappa shape index (κ3) is 40.5. The Morgan fingerprint density at radius 2 is 0.902 bits per heavy atom. The number of unbranched alkanes of at least 4 members (excludes halogenated alkanes) is 27. The molecule has 0 bridgehead atoms. The van der Waals surface area contributed by atoms with E-state index in [0.29, 0.717) is 24.1 Å². The Labute approximate surface area is 317 Å². The van der Waals surface area contributed by atoms with Crippen LogP contribution in [-0.2, 0) is 27.9 Å². The van der Waals surface area contributed by atoms with Gasteiger partial charge in [-0.05, 0) is 12.8 Å². The molecule has 0 rings (SSSR count). The molecule has 0 spiro atoms. The summed E-state index contributed by atoms with van der Waals surface area (Å²) in [5.74, 6) is -0.308. The SMILES string of the molecule is CCCCCCCCCCCCCCCCCCCCC(=O)OC(COCCCCCCCCCCCCC)COP(=O)(O)OCC[N+](C)(C)C. The predicted molar refractivity (Wildman–Crippen MR) is 215 cm³/mol. The fourth-order valence-electron chi connectivity index (χ4n) is 6.26. The largest absolute Gasteiger partial charge is 0.472 e. The van der Waals surface area contributed by atoms with E-state index in [9.17, 15) is 14.3 Å². The van der Waals surface area contributed by atoms with E-state index in [1.807, 2.05) is 21.1 Å². The van der Waals surface area contributed by atoms with Gasteiger partial charge in [-0.25, -0.2) is 4.57 Å². The molecule has 0 aromatic rings. The summed E-state index contributed by atoms with van der Waals surface area (Å²) in [5, 5.41) is 0. The van der Waals surface area contributed by atoms with Crippen LogP contribution in [0.1, 0.15) is 206 Å². The highest BCUT2D eigenvalue weighted by atomic mass is 31.2. The van der Waals surface area contributed by atoms with E-state index >= 15 is 0 Å². The molecule has 0 heterocycles. The fourth-order valence-corrected chi connectivity index (χ4v) is 7.00. The lowest BCUT2D eigenvalue weighted by molar-refractivity contribution is -0.870. The summed E-state index contributed by atoms with van der Waals surface area (Å²) in [7, 11) is 1.68. The number of likely N-dealkylation sites (N-methyl/N-ethyl adjacent to an activating group) is 1. The van der Waals surface area contributed by atoms with Crippen LogP contribution in [0, 0.1) is 0 Å². The van der Waals surface area contributed by atoms with Gasteiger partial charge in [0.05, 0.1) is 34.4 Å². The van der Waals surface area contributed by atoms with E-state index in [4.69, 9.17) is 18.5 Å². The second kappa shape index (κ2) is 36.5. The van der Waals surface area contributed by atoms with Gasteiger partial charge in [-0.15, -0.1) is 0 Å². The first kappa shape index (κ1) is 50.5. The second-order valence-electron chi connectivity index (χ2n) is 16.1. The summed E-state index contributed by atoms with van der Waals surface area (Å²) in [6, 6.07) is 0. The van der Waals surface area contributed by atoms with Crippen molar-refractivity contribution >= 4 is 13.8 Å². The number of esters is 1. The Kier molecular flexibility index (Phi) is 36.1. The van der Waals surface area contributed by atoms with Gasteiger partial charge in [0.25, 0.3) is 0 Å². The van der Waals surface area contributed by atoms with Gasteiger partial charge < -0.3 is 18.9 Å². The molecule has 0 saturated carbocycles. The molecule has 1 N–H and O–H groups in total. The molecule has 0 radical (unpaired) electrons. The number of rotatable bonds is 41. The molecule has 0 amide bonds. The van der Waals surface area contributed by atoms with Crippen LogP contribution in [0.5, 0.6) is 0 Å². The zero-order valence-corrected chi connectivity index (χ0v) is 35.5. The highest BCUT2D eigenvalue weighted by molar-refractivity contribution is 7.47. The lowest BCUT2D eigenvalue weighted by Gasteiger charge is -2.24. The first-order valence-electron chi connectivity index (χ1n) is 21.8. The molecule has 2 unspecified atom stereocenters. The lowest BCUT2D eigenvalue weighted by Crippen LogP contribution is -2.37. The molecular formula is C42H87NO7P+. The molecule has 0 aliphatic rings. The van der Waals surface area contributed by atoms with Gasteiger partial charge in [0.2, 0.25) is 0 Å². The minimum Gasteiger partial charge on any atom is -0.457 e. The quantitative estimate of drug-likeness (QED) is 0.0288. The predicted octanol–water partition coefficient (Wildman–Crippen LogP) is 12.5. The molecule has 0 fully saturated rings. The number of carbonyl (C=O) groups is 1. The van der Waals surface area contributed by atoms with Gasteiger partial charge in [-0.3, -0.25) is 13.8 Å². The summed E-state index contributed by atoms with van der Waals surface area (Å²) in [4.78, 5) is 22.8. The van der Waals surface area contributed by atoms with E-state index < -0.39 is 13.9 Å². The Balaban J connectivity index is 4.15. The Hall–Kier alpha value is -0.500. The van der Waals surface area contributed by atoms with Gasteiger partial charge in [-0.2, -0.15) is 0 Å². The normalized spacial score (nSPS) is 13.8. The number of ether oxygens (including phenoxy) is 2. The average molecular weight is 749 g/mol. The molecule has 9 heteroatoms. The van der Waals surface area contributed by atoms with Crippen molar-refractivity contribution in [2.24, 2.45) is 0 Å². The van der Waals surface area contributed by atoms with E-state index in [0.717, 1.165) is 32.1 Å². The molecule has 0 aromatic carbocycles. The minimum atomic E-state index is -4.26. The average Bonchev–Trinajstić information content (AvgIpc) is 3.08. The van der Waals surface area contributed by atoms with Gasteiger partial charge in [-0.1, -0.05) is 187 Å². The van der Waals surface area contributed by atoms with Crippen LogP contribution in [0.25, 0.3) is 0 Å². The van der Waals surface area contributed by atoms with Crippen molar-refractivity contribution in [3.63, 3.8) is 0 Å². The van der Waals surface area contributed by atoms with Crippen molar-refractivity contribution in [1.82, 2.24) is 0 Å². The smallest absolute Gasteiger partial charge is 0.457 e. The molecule has 306 valence electrons. The van der Waals surface area contributed by atoms with E-state index in [1.165, 1.54) is 154 Å². The van der Waals surface area contributed by atoms with E-state index in [-0.39, 0.29) is 25.8 Å². The van der Waals surface area contributed by atoms with Crippen LogP contribution >= 0.6 is 7.82 Å². The van der Waals surface area contributed by atoms with Crippen molar-refractivity contribution < 1.29 is 37.3 Å². The van der Waals surface area contributed by atoms with Gasteiger partial charge >= 0.3 is 13.8 Å². The zero-order valence-electron chi connectivity index (χ0n) is 34.6. The summed E-state index contributed by atoms with van der Waals surface area (Å²) in [5.41, 5.74) is 0. The summed E-state index contributed by atoms with van der Waals surface area (Å²) in [6.45, 7) is 5.67. The molecule has 8 nitrogen and oxygen atoms in total. The molecule has 51 heavy (non-hydrogen) atoms. The zero-order chi connectivity index (χ0) is 37.7. The van der Waals surface area contributed by atoms with Crippen molar-refractivity contribution in [2.45, 2.75) is 213 Å². The summed E-state index contributed by atoms with van der Waals surface area (Å²) >= 11 is 0. The van der Waals surface area contributed by atoms with Crippen molar-refractivity contribution in [3.05, 3.63) is 0 Å². The fraction of sp³-hybridized carbons (Fsp3) is 0.976. The Morgan fingerprint density at radius 1 is 0.529 bits per heavy atom. The van der Waals surface area contributed by atoms with E-state index in [1.54, 1.807) is 0 Å². The Bertz CT molecular complexity index is 792. The molecule has 2 atom stereocenters. The van der Waals surface area contributed by atoms with Crippen molar-refractivity contribution in [1.29, 1.82) is 0 Å².